The predicted octanol–water partition coefficient (Wildman–Crippen LogP) is 2.42. The van der Waals surface area contributed by atoms with Gasteiger partial charge in [0.15, 0.2) is 5.78 Å². The normalized spacial score (nSPS) is 29.8. The second-order valence-electron chi connectivity index (χ2n) is 7.17. The summed E-state index contributed by atoms with van der Waals surface area (Å²) in [5.74, 6) is 1.33. The number of Topliss-reactive ketones (excluding diaryl/α,β-unsaturated/α-hetero) is 1. The van der Waals surface area contributed by atoms with Crippen LogP contribution in [0.15, 0.2) is 24.5 Å². The zero-order valence-corrected chi connectivity index (χ0v) is 13.2. The Kier molecular flexibility index (Phi) is 3.08. The van der Waals surface area contributed by atoms with E-state index in [2.05, 4.69) is 28.9 Å². The van der Waals surface area contributed by atoms with Gasteiger partial charge in [0.05, 0.1) is 17.3 Å². The van der Waals surface area contributed by atoms with Crippen LogP contribution in [0.3, 0.4) is 0 Å². The lowest BCUT2D eigenvalue weighted by Gasteiger charge is -2.56. The third-order valence-electron chi connectivity index (χ3n) is 5.84. The average molecular weight is 298 g/mol. The smallest absolute Gasteiger partial charge is 0.167 e. The van der Waals surface area contributed by atoms with Crippen molar-refractivity contribution in [3.05, 3.63) is 30.1 Å². The fourth-order valence-electron chi connectivity index (χ4n) is 4.46. The van der Waals surface area contributed by atoms with E-state index >= 15 is 0 Å². The highest BCUT2D eigenvalue weighted by Gasteiger charge is 2.48. The molecule has 116 valence electrons. The minimum Gasteiger partial charge on any atom is -0.298 e. The molecule has 3 aliphatic heterocycles. The van der Waals surface area contributed by atoms with Gasteiger partial charge in [-0.15, -0.1) is 0 Å². The highest BCUT2D eigenvalue weighted by molar-refractivity contribution is 6.02. The molecule has 5 heteroatoms. The van der Waals surface area contributed by atoms with E-state index in [-0.39, 0.29) is 11.3 Å². The van der Waals surface area contributed by atoms with Gasteiger partial charge in [-0.25, -0.2) is 0 Å². The number of hydrogen-bond acceptors (Lipinski definition) is 4. The fourth-order valence-corrected chi connectivity index (χ4v) is 4.46. The molecule has 0 radical (unpaired) electrons. The first kappa shape index (κ1) is 13.9. The van der Waals surface area contributed by atoms with E-state index in [4.69, 9.17) is 0 Å². The molecule has 1 atom stereocenters. The minimum atomic E-state index is 0.123. The SMILES string of the molecule is CC1(C)[C@H](CC(=O)c2cnn3ncccc23)C2CCN1CC2. The summed E-state index contributed by atoms with van der Waals surface area (Å²) in [6.45, 7) is 6.97. The number of fused-ring (bicyclic) bond motifs is 4. The molecule has 0 amide bonds. The van der Waals surface area contributed by atoms with Crippen LogP contribution in [0.2, 0.25) is 0 Å². The first-order valence-electron chi connectivity index (χ1n) is 8.14. The second kappa shape index (κ2) is 4.88. The first-order valence-corrected chi connectivity index (χ1v) is 8.14. The third-order valence-corrected chi connectivity index (χ3v) is 5.84. The first-order chi connectivity index (χ1) is 10.6. The quantitative estimate of drug-likeness (QED) is 0.817. The van der Waals surface area contributed by atoms with Crippen molar-refractivity contribution in [3.63, 3.8) is 0 Å². The monoisotopic (exact) mass is 298 g/mol. The molecule has 5 heterocycles. The maximum Gasteiger partial charge on any atom is 0.167 e. The molecule has 0 aromatic carbocycles. The highest BCUT2D eigenvalue weighted by Crippen LogP contribution is 2.45. The van der Waals surface area contributed by atoms with E-state index in [1.165, 1.54) is 30.6 Å². The number of carbonyl (C=O) groups excluding carboxylic acids is 1. The largest absolute Gasteiger partial charge is 0.298 e. The van der Waals surface area contributed by atoms with Gasteiger partial charge in [-0.2, -0.15) is 14.8 Å². The van der Waals surface area contributed by atoms with Crippen LogP contribution in [0.1, 0.15) is 43.5 Å². The lowest BCUT2D eigenvalue weighted by molar-refractivity contribution is -0.0643. The molecule has 22 heavy (non-hydrogen) atoms. The summed E-state index contributed by atoms with van der Waals surface area (Å²) in [4.78, 5) is 15.4. The summed E-state index contributed by atoms with van der Waals surface area (Å²) in [6.07, 6.45) is 6.43. The molecular weight excluding hydrogens is 276 g/mol. The molecule has 3 aliphatic rings. The van der Waals surface area contributed by atoms with Crippen molar-refractivity contribution in [1.29, 1.82) is 0 Å². The molecule has 3 fully saturated rings. The Morgan fingerprint density at radius 3 is 2.82 bits per heavy atom. The number of piperidine rings is 3. The summed E-state index contributed by atoms with van der Waals surface area (Å²) in [7, 11) is 0. The maximum atomic E-state index is 12.9. The summed E-state index contributed by atoms with van der Waals surface area (Å²) in [5.41, 5.74) is 1.64. The van der Waals surface area contributed by atoms with Crippen molar-refractivity contribution in [3.8, 4) is 0 Å². The van der Waals surface area contributed by atoms with Crippen molar-refractivity contribution in [2.24, 2.45) is 11.8 Å². The predicted molar refractivity (Wildman–Crippen MR) is 83.8 cm³/mol. The van der Waals surface area contributed by atoms with E-state index in [1.807, 2.05) is 12.1 Å². The molecule has 0 N–H and O–H groups in total. The maximum absolute atomic E-state index is 12.9. The van der Waals surface area contributed by atoms with E-state index in [1.54, 1.807) is 12.4 Å². The van der Waals surface area contributed by atoms with E-state index in [9.17, 15) is 4.79 Å². The van der Waals surface area contributed by atoms with Crippen molar-refractivity contribution < 1.29 is 4.79 Å². The Balaban J connectivity index is 1.62. The molecule has 0 aliphatic carbocycles. The van der Waals surface area contributed by atoms with E-state index in [0.717, 1.165) is 5.52 Å². The van der Waals surface area contributed by atoms with Gasteiger partial charge in [-0.3, -0.25) is 9.69 Å². The lowest BCUT2D eigenvalue weighted by Crippen LogP contribution is -2.61. The van der Waals surface area contributed by atoms with Gasteiger partial charge in [0.25, 0.3) is 0 Å². The van der Waals surface area contributed by atoms with Crippen molar-refractivity contribution in [1.82, 2.24) is 19.7 Å². The van der Waals surface area contributed by atoms with E-state index in [0.29, 0.717) is 23.8 Å². The molecular formula is C17H22N4O. The fraction of sp³-hybridized carbons (Fsp3) is 0.588. The van der Waals surface area contributed by atoms with Gasteiger partial charge in [0.1, 0.15) is 0 Å². The number of carbonyl (C=O) groups is 1. The molecule has 0 spiro atoms. The van der Waals surface area contributed by atoms with Gasteiger partial charge in [0, 0.05) is 18.2 Å². The molecule has 3 saturated heterocycles. The van der Waals surface area contributed by atoms with Crippen LogP contribution in [0.5, 0.6) is 0 Å². The van der Waals surface area contributed by atoms with Crippen LogP contribution >= 0.6 is 0 Å². The topological polar surface area (TPSA) is 50.5 Å². The zero-order valence-electron chi connectivity index (χ0n) is 13.2. The third kappa shape index (κ3) is 1.99. The van der Waals surface area contributed by atoms with E-state index < -0.39 is 0 Å². The summed E-state index contributed by atoms with van der Waals surface area (Å²) in [5, 5.41) is 8.33. The molecule has 2 bridgehead atoms. The minimum absolute atomic E-state index is 0.123. The van der Waals surface area contributed by atoms with Crippen molar-refractivity contribution in [2.45, 2.75) is 38.6 Å². The van der Waals surface area contributed by atoms with Gasteiger partial charge in [0.2, 0.25) is 0 Å². The Morgan fingerprint density at radius 2 is 2.09 bits per heavy atom. The Bertz CT molecular complexity index is 712. The summed E-state index contributed by atoms with van der Waals surface area (Å²) < 4.78 is 1.54. The number of aromatic nitrogens is 3. The second-order valence-corrected chi connectivity index (χ2v) is 7.17. The number of nitrogens with zero attached hydrogens (tertiary/aromatic N) is 4. The summed E-state index contributed by atoms with van der Waals surface area (Å²) >= 11 is 0. The van der Waals surface area contributed by atoms with Crippen molar-refractivity contribution in [2.75, 3.05) is 13.1 Å². The average Bonchev–Trinajstić information content (AvgIpc) is 2.95. The van der Waals surface area contributed by atoms with Crippen LogP contribution in [-0.2, 0) is 0 Å². The Morgan fingerprint density at radius 1 is 1.32 bits per heavy atom. The molecule has 5 rings (SSSR count). The van der Waals surface area contributed by atoms with Gasteiger partial charge in [-0.05, 0) is 63.7 Å². The number of ketones is 1. The van der Waals surface area contributed by atoms with Gasteiger partial charge >= 0.3 is 0 Å². The molecule has 2 aromatic rings. The highest BCUT2D eigenvalue weighted by atomic mass is 16.1. The number of rotatable bonds is 3. The van der Waals surface area contributed by atoms with Crippen LogP contribution in [0, 0.1) is 11.8 Å². The van der Waals surface area contributed by atoms with Crippen LogP contribution in [-0.4, -0.2) is 44.1 Å². The van der Waals surface area contributed by atoms with Crippen LogP contribution in [0.4, 0.5) is 0 Å². The summed E-state index contributed by atoms with van der Waals surface area (Å²) in [6, 6.07) is 3.76. The molecule has 0 saturated carbocycles. The zero-order chi connectivity index (χ0) is 15.3. The lowest BCUT2D eigenvalue weighted by atomic mass is 9.65. The Hall–Kier alpha value is -1.75. The van der Waals surface area contributed by atoms with Gasteiger partial charge < -0.3 is 0 Å². The molecule has 0 unspecified atom stereocenters. The van der Waals surface area contributed by atoms with Crippen LogP contribution < -0.4 is 0 Å². The van der Waals surface area contributed by atoms with Gasteiger partial charge in [-0.1, -0.05) is 0 Å². The molecule has 5 nitrogen and oxygen atoms in total. The van der Waals surface area contributed by atoms with Crippen molar-refractivity contribution >= 4 is 11.3 Å². The Labute approximate surface area is 130 Å². The molecule has 2 aromatic heterocycles. The van der Waals surface area contributed by atoms with Crippen LogP contribution in [0.25, 0.3) is 5.52 Å². The number of hydrogen-bond donors (Lipinski definition) is 0. The standard InChI is InChI=1S/C17H22N4O/c1-17(2)14(12-5-8-20(17)9-6-12)10-16(22)13-11-19-21-15(13)4-3-7-18-21/h3-4,7,11-12,14H,5-6,8-10H2,1-2H3/t14-/m1/s1.